The second-order valence-electron chi connectivity index (χ2n) is 15.9. The topological polar surface area (TPSA) is 185 Å². The minimum absolute atomic E-state index is 0.185. The van der Waals surface area contributed by atoms with Crippen LogP contribution in [0.2, 0.25) is 0 Å². The summed E-state index contributed by atoms with van der Waals surface area (Å²) >= 11 is 0. The zero-order valence-corrected chi connectivity index (χ0v) is 29.0. The Labute approximate surface area is 268 Å². The third kappa shape index (κ3) is 9.65. The van der Waals surface area contributed by atoms with Crippen molar-refractivity contribution < 1.29 is 32.4 Å². The van der Waals surface area contributed by atoms with E-state index in [1.54, 1.807) is 0 Å². The van der Waals surface area contributed by atoms with Crippen molar-refractivity contribution in [2.24, 2.45) is 28.4 Å². The number of primary amides is 1. The number of nitrogens with two attached hydrogens (primary N) is 1. The normalized spacial score (nSPS) is 23.8. The van der Waals surface area contributed by atoms with E-state index in [1.807, 2.05) is 41.5 Å². The number of nitrogens with one attached hydrogen (secondary N) is 3. The van der Waals surface area contributed by atoms with Gasteiger partial charge in [-0.25, -0.2) is 13.2 Å². The molecule has 1 heterocycles. The highest BCUT2D eigenvalue weighted by molar-refractivity contribution is 7.90. The minimum Gasteiger partial charge on any atom is -0.363 e. The van der Waals surface area contributed by atoms with Crippen LogP contribution in [0.25, 0.3) is 0 Å². The molecule has 3 fully saturated rings. The number of rotatable bonds is 11. The predicted octanol–water partition coefficient (Wildman–Crippen LogP) is 2.44. The molecular formula is C32H55N5O7S. The third-order valence-electron chi connectivity index (χ3n) is 9.85. The van der Waals surface area contributed by atoms with Gasteiger partial charge in [-0.1, -0.05) is 80.1 Å². The maximum Gasteiger partial charge on any atom is 0.315 e. The van der Waals surface area contributed by atoms with Crippen LogP contribution in [-0.2, 0) is 29.0 Å². The zero-order valence-electron chi connectivity index (χ0n) is 28.2. The van der Waals surface area contributed by atoms with Gasteiger partial charge < -0.3 is 26.6 Å². The molecule has 2 saturated carbocycles. The van der Waals surface area contributed by atoms with Crippen LogP contribution in [0.4, 0.5) is 4.79 Å². The standard InChI is InChI=1S/C32H55N5O7S/c1-30(2,3)21-14-17-37(23(21)27(40)34-22(24(38)26(33)39)18-20-12-11-13-20)28(41)25(31(4,5)6)35-29(42)36-32(19-45(7,43)44)15-9-8-10-16-32/h20-23,25H,8-19H2,1-7H3,(H2,33,39)(H,34,40)(H2,35,36,42)/t21?,22?,23?,25-/m1/s1. The fourth-order valence-corrected chi connectivity index (χ4v) is 8.62. The number of sulfone groups is 1. The largest absolute Gasteiger partial charge is 0.363 e. The van der Waals surface area contributed by atoms with Crippen molar-refractivity contribution in [2.75, 3.05) is 18.6 Å². The second-order valence-corrected chi connectivity index (χ2v) is 18.0. The number of hydrogen-bond donors (Lipinski definition) is 4. The lowest BCUT2D eigenvalue weighted by Gasteiger charge is -2.40. The molecule has 0 aromatic carbocycles. The van der Waals surface area contributed by atoms with Crippen LogP contribution in [0, 0.1) is 22.7 Å². The Morgan fingerprint density at radius 2 is 1.51 bits per heavy atom. The number of hydrogen-bond acceptors (Lipinski definition) is 7. The van der Waals surface area contributed by atoms with E-state index in [0.717, 1.165) is 44.8 Å². The smallest absolute Gasteiger partial charge is 0.315 e. The number of carbonyl (C=O) groups excluding carboxylic acids is 5. The van der Waals surface area contributed by atoms with E-state index in [0.29, 0.717) is 25.7 Å². The number of amides is 5. The van der Waals surface area contributed by atoms with E-state index in [1.165, 1.54) is 4.90 Å². The molecule has 0 aromatic rings. The lowest BCUT2D eigenvalue weighted by molar-refractivity contribution is -0.145. The molecule has 13 heteroatoms. The van der Waals surface area contributed by atoms with Crippen molar-refractivity contribution in [3.63, 3.8) is 0 Å². The highest BCUT2D eigenvalue weighted by Gasteiger charge is 2.50. The second kappa shape index (κ2) is 14.0. The number of nitrogens with zero attached hydrogens (tertiary/aromatic N) is 1. The molecule has 3 unspecified atom stereocenters. The van der Waals surface area contributed by atoms with Crippen LogP contribution < -0.4 is 21.7 Å². The summed E-state index contributed by atoms with van der Waals surface area (Å²) in [5, 5.41) is 8.54. The Balaban J connectivity index is 1.88. The summed E-state index contributed by atoms with van der Waals surface area (Å²) in [6, 6.07) is -3.67. The number of carbonyl (C=O) groups is 5. The summed E-state index contributed by atoms with van der Waals surface area (Å²) in [4.78, 5) is 67.9. The van der Waals surface area contributed by atoms with E-state index >= 15 is 0 Å². The average molecular weight is 654 g/mol. The molecule has 1 aliphatic heterocycles. The molecule has 3 rings (SSSR count). The van der Waals surface area contributed by atoms with Crippen LogP contribution in [0.3, 0.4) is 0 Å². The van der Waals surface area contributed by atoms with Gasteiger partial charge in [0.15, 0.2) is 0 Å². The van der Waals surface area contributed by atoms with E-state index in [-0.39, 0.29) is 29.5 Å². The maximum atomic E-state index is 14.3. The molecule has 256 valence electrons. The first-order valence-corrected chi connectivity index (χ1v) is 18.4. The number of Topliss-reactive ketones (excluding diaryl/α,β-unsaturated/α-hetero) is 1. The fourth-order valence-electron chi connectivity index (χ4n) is 7.25. The van der Waals surface area contributed by atoms with E-state index in [4.69, 9.17) is 5.73 Å². The summed E-state index contributed by atoms with van der Waals surface area (Å²) in [5.41, 5.74) is 3.27. The fraction of sp³-hybridized carbons (Fsp3) is 0.844. The zero-order chi connectivity index (χ0) is 34.0. The first kappa shape index (κ1) is 36.8. The van der Waals surface area contributed by atoms with E-state index in [2.05, 4.69) is 16.0 Å². The Morgan fingerprint density at radius 1 is 0.911 bits per heavy atom. The highest BCUT2D eigenvalue weighted by atomic mass is 32.2. The molecule has 3 aliphatic rings. The monoisotopic (exact) mass is 653 g/mol. The van der Waals surface area contributed by atoms with Crippen LogP contribution in [0.15, 0.2) is 0 Å². The summed E-state index contributed by atoms with van der Waals surface area (Å²) in [6.45, 7) is 11.7. The quantitative estimate of drug-likeness (QED) is 0.247. The lowest BCUT2D eigenvalue weighted by atomic mass is 9.75. The minimum atomic E-state index is -3.39. The molecule has 2 aliphatic carbocycles. The molecule has 4 atom stereocenters. The van der Waals surface area contributed by atoms with Crippen molar-refractivity contribution in [2.45, 2.75) is 129 Å². The summed E-state index contributed by atoms with van der Waals surface area (Å²) in [7, 11) is -3.39. The Bertz CT molecular complexity index is 1240. The summed E-state index contributed by atoms with van der Waals surface area (Å²) < 4.78 is 24.6. The van der Waals surface area contributed by atoms with Gasteiger partial charge in [-0.05, 0) is 48.3 Å². The first-order valence-electron chi connectivity index (χ1n) is 16.3. The van der Waals surface area contributed by atoms with Gasteiger partial charge in [0.2, 0.25) is 17.6 Å². The van der Waals surface area contributed by atoms with E-state index < -0.39 is 68.5 Å². The number of ketones is 1. The van der Waals surface area contributed by atoms with Gasteiger partial charge in [0, 0.05) is 12.8 Å². The summed E-state index contributed by atoms with van der Waals surface area (Å²) in [5.74, 6) is -3.16. The SMILES string of the molecule is CC(C)(C)C1CCN(C(=O)[C@@H](NC(=O)NC2(CS(C)(=O)=O)CCCCC2)C(C)(C)C)C1C(=O)NC(CC1CCC1)C(=O)C(N)=O. The van der Waals surface area contributed by atoms with Crippen LogP contribution in [0.1, 0.15) is 106 Å². The molecule has 0 spiro atoms. The number of urea groups is 1. The molecule has 0 aromatic heterocycles. The highest BCUT2D eigenvalue weighted by Crippen LogP contribution is 2.40. The lowest BCUT2D eigenvalue weighted by Crippen LogP contribution is -2.63. The molecule has 0 bridgehead atoms. The van der Waals surface area contributed by atoms with Gasteiger partial charge >= 0.3 is 6.03 Å². The van der Waals surface area contributed by atoms with Gasteiger partial charge in [-0.2, -0.15) is 0 Å². The molecule has 1 saturated heterocycles. The molecular weight excluding hydrogens is 598 g/mol. The molecule has 45 heavy (non-hydrogen) atoms. The van der Waals surface area contributed by atoms with Gasteiger partial charge in [0.25, 0.3) is 5.91 Å². The number of likely N-dealkylation sites (tertiary alicyclic amines) is 1. The van der Waals surface area contributed by atoms with E-state index in [9.17, 15) is 32.4 Å². The van der Waals surface area contributed by atoms with Crippen molar-refractivity contribution in [3.8, 4) is 0 Å². The van der Waals surface area contributed by atoms with Crippen LogP contribution in [-0.4, -0.2) is 85.1 Å². The molecule has 0 radical (unpaired) electrons. The van der Waals surface area contributed by atoms with Crippen LogP contribution >= 0.6 is 0 Å². The predicted molar refractivity (Wildman–Crippen MR) is 172 cm³/mol. The van der Waals surface area contributed by atoms with Crippen molar-refractivity contribution in [1.82, 2.24) is 20.9 Å². The van der Waals surface area contributed by atoms with Gasteiger partial charge in [0.05, 0.1) is 17.3 Å². The van der Waals surface area contributed by atoms with Crippen molar-refractivity contribution >= 4 is 39.4 Å². The molecule has 12 nitrogen and oxygen atoms in total. The average Bonchev–Trinajstić information content (AvgIpc) is 3.32. The van der Waals surface area contributed by atoms with Gasteiger partial charge in [0.1, 0.15) is 21.9 Å². The maximum absolute atomic E-state index is 14.3. The summed E-state index contributed by atoms with van der Waals surface area (Å²) in [6.07, 6.45) is 8.42. The molecule has 5 amide bonds. The van der Waals surface area contributed by atoms with Gasteiger partial charge in [-0.15, -0.1) is 0 Å². The first-order chi connectivity index (χ1) is 20.6. The Morgan fingerprint density at radius 3 is 1.98 bits per heavy atom. The van der Waals surface area contributed by atoms with Gasteiger partial charge in [-0.3, -0.25) is 19.2 Å². The Kier molecular flexibility index (Phi) is 11.4. The van der Waals surface area contributed by atoms with Crippen molar-refractivity contribution in [3.05, 3.63) is 0 Å². The third-order valence-corrected chi connectivity index (χ3v) is 10.9. The van der Waals surface area contributed by atoms with Crippen molar-refractivity contribution in [1.29, 1.82) is 0 Å². The molecule has 5 N–H and O–H groups in total. The Hall–Kier alpha value is -2.70. The van der Waals surface area contributed by atoms with Crippen LogP contribution in [0.5, 0.6) is 0 Å².